The Morgan fingerprint density at radius 3 is 2.69 bits per heavy atom. The molecule has 142 valence electrons. The van der Waals surface area contributed by atoms with Crippen LogP contribution in [0.4, 0.5) is 0 Å². The number of hydrogen-bond donors (Lipinski definition) is 1. The number of fused-ring (bicyclic) bond motifs is 1. The number of rotatable bonds is 8. The maximum absolute atomic E-state index is 12.4. The molecule has 26 heavy (non-hydrogen) atoms. The summed E-state index contributed by atoms with van der Waals surface area (Å²) >= 11 is 0. The molecule has 0 saturated carbocycles. The number of nitrogens with one attached hydrogen (secondary N) is 1. The highest BCUT2D eigenvalue weighted by molar-refractivity contribution is 7.89. The molecular weight excluding hydrogens is 352 g/mol. The molecule has 2 aromatic rings. The van der Waals surface area contributed by atoms with Crippen molar-refractivity contribution in [1.29, 1.82) is 0 Å². The van der Waals surface area contributed by atoms with Crippen LogP contribution in [0.15, 0.2) is 35.2 Å². The van der Waals surface area contributed by atoms with Gasteiger partial charge < -0.3 is 4.74 Å². The number of ether oxygens (including phenoxy) is 1. The lowest BCUT2D eigenvalue weighted by atomic mass is 10.2. The summed E-state index contributed by atoms with van der Waals surface area (Å²) in [7, 11) is -2.03. The number of benzene rings is 1. The molecule has 1 N–H and O–H groups in total. The smallest absolute Gasteiger partial charge is 0.240 e. The quantitative estimate of drug-likeness (QED) is 0.760. The van der Waals surface area contributed by atoms with Crippen molar-refractivity contribution < 1.29 is 13.2 Å². The largest absolute Gasteiger partial charge is 0.497 e. The van der Waals surface area contributed by atoms with Crippen molar-refractivity contribution in [3.63, 3.8) is 0 Å². The number of aromatic nitrogens is 2. The summed E-state index contributed by atoms with van der Waals surface area (Å²) in [4.78, 5) is 2.64. The molecule has 2 heterocycles. The van der Waals surface area contributed by atoms with Gasteiger partial charge in [0.05, 0.1) is 36.5 Å². The lowest BCUT2D eigenvalue weighted by molar-refractivity contribution is 0.210. The first-order valence-corrected chi connectivity index (χ1v) is 10.4. The monoisotopic (exact) mass is 378 g/mol. The van der Waals surface area contributed by atoms with E-state index >= 15 is 0 Å². The molecule has 0 fully saturated rings. The van der Waals surface area contributed by atoms with Gasteiger partial charge in [-0.15, -0.1) is 0 Å². The molecule has 7 nitrogen and oxygen atoms in total. The molecule has 0 spiro atoms. The Bertz CT molecular complexity index is 831. The second-order valence-corrected chi connectivity index (χ2v) is 8.25. The van der Waals surface area contributed by atoms with Gasteiger partial charge in [0.2, 0.25) is 10.0 Å². The van der Waals surface area contributed by atoms with Crippen molar-refractivity contribution in [1.82, 2.24) is 19.4 Å². The van der Waals surface area contributed by atoms with Crippen molar-refractivity contribution >= 4 is 10.0 Å². The second-order valence-electron chi connectivity index (χ2n) is 6.48. The summed E-state index contributed by atoms with van der Waals surface area (Å²) in [5, 5.41) is 4.53. The van der Waals surface area contributed by atoms with Crippen LogP contribution < -0.4 is 9.46 Å². The van der Waals surface area contributed by atoms with Crippen LogP contribution in [0.25, 0.3) is 0 Å². The van der Waals surface area contributed by atoms with Crippen LogP contribution in [0.1, 0.15) is 31.2 Å². The van der Waals surface area contributed by atoms with Crippen LogP contribution in [0.3, 0.4) is 0 Å². The van der Waals surface area contributed by atoms with Crippen LogP contribution in [0, 0.1) is 0 Å². The number of methoxy groups -OCH3 is 1. The molecule has 0 amide bonds. The second kappa shape index (κ2) is 8.20. The average Bonchev–Trinajstić information content (AvgIpc) is 3.07. The Morgan fingerprint density at radius 1 is 1.23 bits per heavy atom. The van der Waals surface area contributed by atoms with Gasteiger partial charge in [-0.1, -0.05) is 13.3 Å². The zero-order chi connectivity index (χ0) is 18.6. The van der Waals surface area contributed by atoms with Crippen molar-refractivity contribution in [3.8, 4) is 5.75 Å². The zero-order valence-corrected chi connectivity index (χ0v) is 16.1. The maximum atomic E-state index is 12.4. The normalized spacial score (nSPS) is 15.0. The van der Waals surface area contributed by atoms with Gasteiger partial charge in [0, 0.05) is 13.1 Å². The van der Waals surface area contributed by atoms with Crippen molar-refractivity contribution in [2.45, 2.75) is 44.3 Å². The van der Waals surface area contributed by atoms with Gasteiger partial charge in [0.25, 0.3) is 0 Å². The molecule has 1 aromatic carbocycles. The van der Waals surface area contributed by atoms with E-state index in [1.807, 2.05) is 10.7 Å². The number of nitrogens with zero attached hydrogens (tertiary/aromatic N) is 3. The molecule has 1 aliphatic heterocycles. The maximum Gasteiger partial charge on any atom is 0.240 e. The number of hydrogen-bond acceptors (Lipinski definition) is 5. The van der Waals surface area contributed by atoms with E-state index < -0.39 is 10.0 Å². The summed E-state index contributed by atoms with van der Waals surface area (Å²) < 4.78 is 34.5. The highest BCUT2D eigenvalue weighted by atomic mass is 32.2. The molecule has 0 aliphatic carbocycles. The van der Waals surface area contributed by atoms with E-state index in [0.29, 0.717) is 5.75 Å². The van der Waals surface area contributed by atoms with E-state index in [1.54, 1.807) is 19.2 Å². The summed E-state index contributed by atoms with van der Waals surface area (Å²) in [5.74, 6) is 0.623. The Hall–Kier alpha value is -1.90. The van der Waals surface area contributed by atoms with Crippen LogP contribution in [0.2, 0.25) is 0 Å². The van der Waals surface area contributed by atoms with Crippen LogP contribution >= 0.6 is 0 Å². The predicted molar refractivity (Wildman–Crippen MR) is 99.4 cm³/mol. The van der Waals surface area contributed by atoms with E-state index in [-0.39, 0.29) is 11.4 Å². The number of sulfonamides is 1. The fourth-order valence-corrected chi connectivity index (χ4v) is 4.05. The molecule has 0 saturated heterocycles. The van der Waals surface area contributed by atoms with Crippen molar-refractivity contribution in [2.75, 3.05) is 20.2 Å². The third kappa shape index (κ3) is 4.44. The lowest BCUT2D eigenvalue weighted by Gasteiger charge is -2.27. The first-order valence-electron chi connectivity index (χ1n) is 8.93. The molecular formula is C18H26N4O3S. The summed E-state index contributed by atoms with van der Waals surface area (Å²) in [5.41, 5.74) is 1.89. The SMILES string of the molecule is CCCCN1CCn2nc(CNS(=O)(=O)c3ccc(OC)cc3)cc2C1. The standard InChI is InChI=1S/C18H26N4O3S/c1-3-4-9-21-10-11-22-16(14-21)12-15(20-22)13-19-26(23,24)18-7-5-17(25-2)6-8-18/h5-8,12,19H,3-4,9-11,13-14H2,1-2H3. The van der Waals surface area contributed by atoms with E-state index in [0.717, 1.165) is 37.6 Å². The summed E-state index contributed by atoms with van der Waals surface area (Å²) in [6, 6.07) is 8.33. The van der Waals surface area contributed by atoms with Crippen LogP contribution in [0.5, 0.6) is 5.75 Å². The molecule has 0 bridgehead atoms. The minimum atomic E-state index is -3.57. The fourth-order valence-electron chi connectivity index (χ4n) is 3.05. The van der Waals surface area contributed by atoms with Crippen molar-refractivity contribution in [3.05, 3.63) is 41.7 Å². The van der Waals surface area contributed by atoms with Gasteiger partial charge in [-0.2, -0.15) is 5.10 Å². The van der Waals surface area contributed by atoms with E-state index in [1.165, 1.54) is 25.0 Å². The molecule has 8 heteroatoms. The predicted octanol–water partition coefficient (Wildman–Crippen LogP) is 1.99. The minimum Gasteiger partial charge on any atom is -0.497 e. The van der Waals surface area contributed by atoms with Gasteiger partial charge in [0.1, 0.15) is 5.75 Å². The van der Waals surface area contributed by atoms with Gasteiger partial charge in [-0.3, -0.25) is 9.58 Å². The molecule has 0 atom stereocenters. The molecule has 1 aromatic heterocycles. The Labute approximate surface area is 155 Å². The summed E-state index contributed by atoms with van der Waals surface area (Å²) in [6.45, 7) is 6.19. The first-order chi connectivity index (χ1) is 12.5. The average molecular weight is 378 g/mol. The van der Waals surface area contributed by atoms with Crippen LogP contribution in [-0.2, 0) is 29.7 Å². The van der Waals surface area contributed by atoms with Gasteiger partial charge >= 0.3 is 0 Å². The van der Waals surface area contributed by atoms with Gasteiger partial charge in [-0.05, 0) is 43.3 Å². The van der Waals surface area contributed by atoms with E-state index in [4.69, 9.17) is 4.74 Å². The zero-order valence-electron chi connectivity index (χ0n) is 15.3. The Morgan fingerprint density at radius 2 is 2.00 bits per heavy atom. The lowest BCUT2D eigenvalue weighted by Crippen LogP contribution is -2.34. The highest BCUT2D eigenvalue weighted by Crippen LogP contribution is 2.17. The molecule has 0 radical (unpaired) electrons. The topological polar surface area (TPSA) is 76.5 Å². The minimum absolute atomic E-state index is 0.184. The molecule has 0 unspecified atom stereocenters. The van der Waals surface area contributed by atoms with Crippen molar-refractivity contribution in [2.24, 2.45) is 0 Å². The van der Waals surface area contributed by atoms with E-state index in [9.17, 15) is 8.42 Å². The third-order valence-corrected chi connectivity index (χ3v) is 5.99. The van der Waals surface area contributed by atoms with Crippen LogP contribution in [-0.4, -0.2) is 43.3 Å². The highest BCUT2D eigenvalue weighted by Gasteiger charge is 2.19. The molecule has 3 rings (SSSR count). The van der Waals surface area contributed by atoms with Gasteiger partial charge in [-0.25, -0.2) is 13.1 Å². The first kappa shape index (κ1) is 18.9. The fraction of sp³-hybridized carbons (Fsp3) is 0.500. The third-order valence-electron chi connectivity index (χ3n) is 4.57. The summed E-state index contributed by atoms with van der Waals surface area (Å²) in [6.07, 6.45) is 2.39. The molecule has 1 aliphatic rings. The van der Waals surface area contributed by atoms with Gasteiger partial charge in [0.15, 0.2) is 0 Å². The Balaban J connectivity index is 1.62. The van der Waals surface area contributed by atoms with E-state index in [2.05, 4.69) is 21.6 Å². The number of unbranched alkanes of at least 4 members (excludes halogenated alkanes) is 1. The Kier molecular flexibility index (Phi) is 5.95.